The van der Waals surface area contributed by atoms with Gasteiger partial charge >= 0.3 is 0 Å². The number of imidazole rings is 1. The molecule has 0 spiro atoms. The van der Waals surface area contributed by atoms with Crippen LogP contribution in [0.25, 0.3) is 33.4 Å². The Morgan fingerprint density at radius 1 is 0.977 bits per heavy atom. The summed E-state index contributed by atoms with van der Waals surface area (Å²) in [4.78, 5) is 29.4. The zero-order valence-electron chi connectivity index (χ0n) is 25.4. The minimum atomic E-state index is -0.00484. The van der Waals surface area contributed by atoms with E-state index < -0.39 is 0 Å². The topological polar surface area (TPSA) is 60.4 Å². The second-order valence-corrected chi connectivity index (χ2v) is 12.8. The molecule has 1 fully saturated rings. The van der Waals surface area contributed by atoms with Gasteiger partial charge in [0.05, 0.1) is 17.7 Å². The monoisotopic (exact) mass is 628 g/mol. The van der Waals surface area contributed by atoms with Gasteiger partial charge in [-0.2, -0.15) is 0 Å². The van der Waals surface area contributed by atoms with Crippen LogP contribution in [0.15, 0.2) is 79.1 Å². The minimum Gasteiger partial charge on any atom is -0.350 e. The molecule has 3 heterocycles. The van der Waals surface area contributed by atoms with Gasteiger partial charge in [0.25, 0.3) is 5.91 Å². The van der Waals surface area contributed by atoms with Crippen LogP contribution >= 0.6 is 23.2 Å². The van der Waals surface area contributed by atoms with Gasteiger partial charge in [-0.05, 0) is 76.9 Å². The number of aromatic nitrogens is 3. The third-order valence-electron chi connectivity index (χ3n) is 8.55. The molecule has 228 valence electrons. The quantitative estimate of drug-likeness (QED) is 0.178. The number of aromatic amines is 1. The summed E-state index contributed by atoms with van der Waals surface area (Å²) in [7, 11) is 6.38. The number of nitrogens with zero attached hydrogens (tertiary/aromatic N) is 5. The molecule has 0 saturated carbocycles. The van der Waals surface area contributed by atoms with Crippen molar-refractivity contribution in [1.29, 1.82) is 0 Å². The van der Waals surface area contributed by atoms with Gasteiger partial charge in [-0.25, -0.2) is 4.98 Å². The van der Waals surface area contributed by atoms with Crippen LogP contribution in [0.3, 0.4) is 0 Å². The Morgan fingerprint density at radius 3 is 2.48 bits per heavy atom. The van der Waals surface area contributed by atoms with Gasteiger partial charge in [0.2, 0.25) is 0 Å². The first-order valence-corrected chi connectivity index (χ1v) is 15.8. The predicted molar refractivity (Wildman–Crippen MR) is 181 cm³/mol. The van der Waals surface area contributed by atoms with Crippen molar-refractivity contribution in [2.24, 2.45) is 0 Å². The number of halogens is 2. The van der Waals surface area contributed by atoms with Crippen LogP contribution in [0.5, 0.6) is 0 Å². The molecule has 5 aromatic rings. The Bertz CT molecular complexity index is 1740. The Hall–Kier alpha value is -3.62. The maximum Gasteiger partial charge on any atom is 0.271 e. The molecule has 0 unspecified atom stereocenters. The third-order valence-corrected chi connectivity index (χ3v) is 9.04. The van der Waals surface area contributed by atoms with Gasteiger partial charge in [-0.1, -0.05) is 71.7 Å². The van der Waals surface area contributed by atoms with E-state index in [2.05, 4.69) is 52.6 Å². The van der Waals surface area contributed by atoms with Crippen LogP contribution in [-0.2, 0) is 6.54 Å². The smallest absolute Gasteiger partial charge is 0.271 e. The molecule has 1 aliphatic heterocycles. The maximum absolute atomic E-state index is 14.4. The summed E-state index contributed by atoms with van der Waals surface area (Å²) in [6, 6.07) is 24.1. The van der Waals surface area contributed by atoms with E-state index in [9.17, 15) is 4.79 Å². The molecule has 44 heavy (non-hydrogen) atoms. The van der Waals surface area contributed by atoms with Crippen LogP contribution in [0.4, 0.5) is 0 Å². The summed E-state index contributed by atoms with van der Waals surface area (Å²) in [5, 5.41) is 2.24. The fourth-order valence-electron chi connectivity index (χ4n) is 6.20. The molecule has 1 atom stereocenters. The first-order valence-electron chi connectivity index (χ1n) is 15.1. The van der Waals surface area contributed by atoms with E-state index in [4.69, 9.17) is 28.2 Å². The van der Waals surface area contributed by atoms with Crippen molar-refractivity contribution >= 4 is 40.0 Å². The average molecular weight is 630 g/mol. The van der Waals surface area contributed by atoms with Gasteiger partial charge in [0.1, 0.15) is 5.69 Å². The lowest BCUT2D eigenvalue weighted by atomic mass is 10.0. The highest BCUT2D eigenvalue weighted by Crippen LogP contribution is 2.40. The van der Waals surface area contributed by atoms with Crippen LogP contribution in [0, 0.1) is 0 Å². The fourth-order valence-corrected chi connectivity index (χ4v) is 6.50. The second-order valence-electron chi connectivity index (χ2n) is 12.0. The van der Waals surface area contributed by atoms with Crippen molar-refractivity contribution < 1.29 is 4.79 Å². The number of carbonyl (C=O) groups is 1. The second kappa shape index (κ2) is 13.2. The molecular weight excluding hydrogens is 591 g/mol. The fraction of sp³-hybridized carbons (Fsp3) is 0.314. The summed E-state index contributed by atoms with van der Waals surface area (Å²) in [6.45, 7) is 4.04. The summed E-state index contributed by atoms with van der Waals surface area (Å²) < 4.78 is 2.13. The largest absolute Gasteiger partial charge is 0.350 e. The van der Waals surface area contributed by atoms with Crippen molar-refractivity contribution in [3.05, 3.63) is 100 Å². The van der Waals surface area contributed by atoms with Gasteiger partial charge in [0, 0.05) is 57.8 Å². The number of hydrogen-bond donors (Lipinski definition) is 1. The summed E-state index contributed by atoms with van der Waals surface area (Å²) in [5.74, 6) is -0.00484. The number of benzene rings is 3. The number of rotatable bonds is 10. The van der Waals surface area contributed by atoms with E-state index in [1.54, 1.807) is 0 Å². The highest BCUT2D eigenvalue weighted by molar-refractivity contribution is 6.31. The lowest BCUT2D eigenvalue weighted by Crippen LogP contribution is -2.37. The summed E-state index contributed by atoms with van der Waals surface area (Å²) >= 11 is 12.6. The standard InChI is InChI=1S/C35H38Cl2N6O/c1-40(2)17-7-18-41(3)28-16-19-42(22-28)35(44)33-31(29-15-14-27(37)20-30(29)39-33)34-32(25-8-5-4-6-9-25)38-23-43(34)21-24-10-12-26(36)13-11-24/h4-6,8-15,20,23,28,39H,7,16-19,21-22H2,1-3H3/t28-/m0/s1. The maximum atomic E-state index is 14.4. The van der Waals surface area contributed by atoms with Gasteiger partial charge in [-0.15, -0.1) is 0 Å². The number of fused-ring (bicyclic) bond motifs is 1. The zero-order valence-corrected chi connectivity index (χ0v) is 26.9. The molecule has 0 aliphatic carbocycles. The highest BCUT2D eigenvalue weighted by atomic mass is 35.5. The van der Waals surface area contributed by atoms with Gasteiger partial charge in [-0.3, -0.25) is 4.79 Å². The molecule has 2 aromatic heterocycles. The Balaban J connectivity index is 1.42. The lowest BCUT2D eigenvalue weighted by Gasteiger charge is -2.25. The molecule has 1 saturated heterocycles. The summed E-state index contributed by atoms with van der Waals surface area (Å²) in [6.07, 6.45) is 3.92. The van der Waals surface area contributed by atoms with E-state index in [-0.39, 0.29) is 5.91 Å². The zero-order chi connectivity index (χ0) is 30.8. The third kappa shape index (κ3) is 6.42. The Kier molecular flexibility index (Phi) is 9.10. The van der Waals surface area contributed by atoms with Crippen molar-refractivity contribution in [2.75, 3.05) is 47.3 Å². The number of hydrogen-bond acceptors (Lipinski definition) is 4. The molecule has 3 aromatic carbocycles. The van der Waals surface area contributed by atoms with E-state index in [0.29, 0.717) is 41.4 Å². The molecule has 9 heteroatoms. The van der Waals surface area contributed by atoms with Crippen LogP contribution in [0.1, 0.15) is 28.9 Å². The molecule has 7 nitrogen and oxygen atoms in total. The van der Waals surface area contributed by atoms with Gasteiger partial charge < -0.3 is 24.3 Å². The molecule has 0 radical (unpaired) electrons. The van der Waals surface area contributed by atoms with Crippen molar-refractivity contribution in [2.45, 2.75) is 25.4 Å². The van der Waals surface area contributed by atoms with Crippen molar-refractivity contribution in [3.8, 4) is 22.5 Å². The van der Waals surface area contributed by atoms with Crippen LogP contribution < -0.4 is 0 Å². The van der Waals surface area contributed by atoms with Crippen LogP contribution in [-0.4, -0.2) is 88.5 Å². The molecular formula is C35H38Cl2N6O. The highest BCUT2D eigenvalue weighted by Gasteiger charge is 2.33. The Labute approximate surface area is 269 Å². The number of carbonyl (C=O) groups excluding carboxylic acids is 1. The van der Waals surface area contributed by atoms with Crippen molar-refractivity contribution in [3.63, 3.8) is 0 Å². The first-order chi connectivity index (χ1) is 21.3. The number of nitrogens with one attached hydrogen (secondary N) is 1. The van der Waals surface area contributed by atoms with E-state index in [1.165, 1.54) is 0 Å². The van der Waals surface area contributed by atoms with Crippen LogP contribution in [0.2, 0.25) is 10.0 Å². The SMILES string of the molecule is CN(C)CCCN(C)[C@H]1CCN(C(=O)c2[nH]c3cc(Cl)ccc3c2-c2c(-c3ccccc3)ncn2Cc2ccc(Cl)cc2)C1. The number of amides is 1. The number of H-pyrrole nitrogens is 1. The van der Waals surface area contributed by atoms with Gasteiger partial charge in [0.15, 0.2) is 0 Å². The first kappa shape index (κ1) is 30.4. The molecule has 0 bridgehead atoms. The summed E-state index contributed by atoms with van der Waals surface area (Å²) in [5.41, 5.74) is 6.01. The van der Waals surface area contributed by atoms with Crippen molar-refractivity contribution in [1.82, 2.24) is 29.2 Å². The molecule has 1 N–H and O–H groups in total. The lowest BCUT2D eigenvalue weighted by molar-refractivity contribution is 0.0776. The number of likely N-dealkylation sites (tertiary alicyclic amines) is 1. The Morgan fingerprint density at radius 2 is 1.73 bits per heavy atom. The molecule has 1 amide bonds. The average Bonchev–Trinajstić information content (AvgIpc) is 3.75. The molecule has 1 aliphatic rings. The normalized spacial score (nSPS) is 15.2. The minimum absolute atomic E-state index is 0.00484. The predicted octanol–water partition coefficient (Wildman–Crippen LogP) is 7.15. The number of likely N-dealkylation sites (N-methyl/N-ethyl adjacent to an activating group) is 1. The van der Waals surface area contributed by atoms with E-state index in [1.807, 2.05) is 71.9 Å². The van der Waals surface area contributed by atoms with E-state index in [0.717, 1.165) is 64.9 Å². The van der Waals surface area contributed by atoms with E-state index >= 15 is 0 Å². The molecule has 6 rings (SSSR count).